The van der Waals surface area contributed by atoms with Crippen molar-refractivity contribution in [3.8, 4) is 0 Å². The highest BCUT2D eigenvalue weighted by Gasteiger charge is 2.30. The summed E-state index contributed by atoms with van der Waals surface area (Å²) in [5, 5.41) is 18.0. The van der Waals surface area contributed by atoms with Gasteiger partial charge in [-0.25, -0.2) is 0 Å². The molecule has 0 saturated heterocycles. The first-order chi connectivity index (χ1) is 9.49. The Balaban J connectivity index is 2.31. The van der Waals surface area contributed by atoms with Crippen molar-refractivity contribution in [3.63, 3.8) is 0 Å². The van der Waals surface area contributed by atoms with Crippen LogP contribution in [0.1, 0.15) is 42.9 Å². The van der Waals surface area contributed by atoms with Crippen LogP contribution in [0.4, 0.5) is 0 Å². The van der Waals surface area contributed by atoms with Crippen LogP contribution < -0.4 is 0 Å². The predicted molar refractivity (Wildman–Crippen MR) is 73.7 cm³/mol. The van der Waals surface area contributed by atoms with Crippen LogP contribution in [0.25, 0.3) is 0 Å². The molecule has 2 unspecified atom stereocenters. The molecule has 0 spiro atoms. The molecule has 0 aromatic heterocycles. The molecular weight excluding hydrogens is 258 g/mol. The van der Waals surface area contributed by atoms with Gasteiger partial charge in [-0.3, -0.25) is 14.5 Å². The van der Waals surface area contributed by atoms with Crippen molar-refractivity contribution in [3.05, 3.63) is 35.4 Å². The molecular formula is C15H19NO4. The third kappa shape index (κ3) is 3.17. The van der Waals surface area contributed by atoms with Gasteiger partial charge in [0.2, 0.25) is 0 Å². The van der Waals surface area contributed by atoms with E-state index in [-0.39, 0.29) is 19.1 Å². The van der Waals surface area contributed by atoms with Gasteiger partial charge in [0.05, 0.1) is 13.1 Å². The van der Waals surface area contributed by atoms with Crippen LogP contribution in [0.2, 0.25) is 0 Å². The molecule has 2 atom stereocenters. The Morgan fingerprint density at radius 3 is 2.20 bits per heavy atom. The molecule has 5 nitrogen and oxygen atoms in total. The normalized spacial score (nSPS) is 21.5. The highest BCUT2D eigenvalue weighted by atomic mass is 16.4. The SMILES string of the molecule is CC1CCC(N(CC(=O)O)CC(=O)O)c2ccccc21. The maximum absolute atomic E-state index is 11.0. The summed E-state index contributed by atoms with van der Waals surface area (Å²) in [6.45, 7) is 1.65. The predicted octanol–water partition coefficient (Wildman–Crippen LogP) is 2.10. The number of aliphatic carboxylic acids is 2. The second kappa shape index (κ2) is 6.05. The van der Waals surface area contributed by atoms with Crippen molar-refractivity contribution < 1.29 is 19.8 Å². The molecule has 0 amide bonds. The molecule has 1 aliphatic carbocycles. The standard InChI is InChI=1S/C15H19NO4/c1-10-6-7-13(12-5-3-2-4-11(10)12)16(8-14(17)18)9-15(19)20/h2-5,10,13H,6-9H2,1H3,(H,17,18)(H,19,20). The number of rotatable bonds is 5. The summed E-state index contributed by atoms with van der Waals surface area (Å²) < 4.78 is 0. The largest absolute Gasteiger partial charge is 0.480 e. The fraction of sp³-hybridized carbons (Fsp3) is 0.467. The van der Waals surface area contributed by atoms with Crippen LogP contribution in [-0.2, 0) is 9.59 Å². The molecule has 2 N–H and O–H groups in total. The number of hydrogen-bond acceptors (Lipinski definition) is 3. The molecule has 0 fully saturated rings. The molecule has 0 saturated carbocycles. The van der Waals surface area contributed by atoms with Crippen molar-refractivity contribution in [1.29, 1.82) is 0 Å². The molecule has 0 heterocycles. The smallest absolute Gasteiger partial charge is 0.317 e. The van der Waals surface area contributed by atoms with E-state index in [4.69, 9.17) is 10.2 Å². The first-order valence-corrected chi connectivity index (χ1v) is 6.75. The molecule has 1 aromatic rings. The van der Waals surface area contributed by atoms with E-state index in [9.17, 15) is 9.59 Å². The van der Waals surface area contributed by atoms with Gasteiger partial charge in [-0.1, -0.05) is 31.2 Å². The van der Waals surface area contributed by atoms with Crippen molar-refractivity contribution in [1.82, 2.24) is 4.90 Å². The molecule has 1 aliphatic rings. The van der Waals surface area contributed by atoms with Gasteiger partial charge < -0.3 is 10.2 Å². The third-order valence-electron chi connectivity index (χ3n) is 3.88. The molecule has 1 aromatic carbocycles. The fourth-order valence-corrected chi connectivity index (χ4v) is 2.99. The molecule has 108 valence electrons. The van der Waals surface area contributed by atoms with Gasteiger partial charge in [0.1, 0.15) is 0 Å². The minimum absolute atomic E-state index is 0.130. The van der Waals surface area contributed by atoms with Crippen LogP contribution in [0.3, 0.4) is 0 Å². The molecule has 2 rings (SSSR count). The van der Waals surface area contributed by atoms with Crippen molar-refractivity contribution in [2.24, 2.45) is 0 Å². The Labute approximate surface area is 117 Å². The molecule has 0 aliphatic heterocycles. The van der Waals surface area contributed by atoms with Crippen LogP contribution in [0, 0.1) is 0 Å². The quantitative estimate of drug-likeness (QED) is 0.861. The van der Waals surface area contributed by atoms with E-state index in [1.807, 2.05) is 24.3 Å². The number of carbonyl (C=O) groups is 2. The Morgan fingerprint density at radius 2 is 1.65 bits per heavy atom. The Hall–Kier alpha value is -1.88. The van der Waals surface area contributed by atoms with Crippen molar-refractivity contribution in [2.45, 2.75) is 31.7 Å². The lowest BCUT2D eigenvalue weighted by molar-refractivity contribution is -0.143. The van der Waals surface area contributed by atoms with Crippen LogP contribution in [-0.4, -0.2) is 40.1 Å². The Kier molecular flexibility index (Phi) is 4.39. The Bertz CT molecular complexity index is 498. The average molecular weight is 277 g/mol. The minimum Gasteiger partial charge on any atom is -0.480 e. The molecule has 0 radical (unpaired) electrons. The van der Waals surface area contributed by atoms with Crippen LogP contribution in [0.15, 0.2) is 24.3 Å². The van der Waals surface area contributed by atoms with Crippen molar-refractivity contribution in [2.75, 3.05) is 13.1 Å². The zero-order valence-corrected chi connectivity index (χ0v) is 11.5. The minimum atomic E-state index is -0.998. The van der Waals surface area contributed by atoms with Gasteiger partial charge in [-0.15, -0.1) is 0 Å². The maximum atomic E-state index is 11.0. The van der Waals surface area contributed by atoms with E-state index in [0.717, 1.165) is 18.4 Å². The Morgan fingerprint density at radius 1 is 1.10 bits per heavy atom. The summed E-state index contributed by atoms with van der Waals surface area (Å²) in [5.41, 5.74) is 2.26. The molecule has 5 heteroatoms. The topological polar surface area (TPSA) is 77.8 Å². The summed E-state index contributed by atoms with van der Waals surface area (Å²) >= 11 is 0. The number of nitrogens with zero attached hydrogens (tertiary/aromatic N) is 1. The lowest BCUT2D eigenvalue weighted by Gasteiger charge is -2.36. The van der Waals surface area contributed by atoms with Gasteiger partial charge in [-0.05, 0) is 29.9 Å². The van der Waals surface area contributed by atoms with E-state index in [0.29, 0.717) is 5.92 Å². The number of hydrogen-bond donors (Lipinski definition) is 2. The zero-order valence-electron chi connectivity index (χ0n) is 11.5. The van der Waals surface area contributed by atoms with Crippen LogP contribution in [0.5, 0.6) is 0 Å². The van der Waals surface area contributed by atoms with Gasteiger partial charge in [0, 0.05) is 6.04 Å². The summed E-state index contributed by atoms with van der Waals surface area (Å²) in [6, 6.07) is 7.78. The maximum Gasteiger partial charge on any atom is 0.317 e. The van der Waals surface area contributed by atoms with Crippen LogP contribution >= 0.6 is 0 Å². The average Bonchev–Trinajstić information content (AvgIpc) is 2.37. The second-order valence-corrected chi connectivity index (χ2v) is 5.32. The third-order valence-corrected chi connectivity index (χ3v) is 3.88. The lowest BCUT2D eigenvalue weighted by atomic mass is 9.80. The second-order valence-electron chi connectivity index (χ2n) is 5.32. The van der Waals surface area contributed by atoms with Gasteiger partial charge in [-0.2, -0.15) is 0 Å². The summed E-state index contributed by atoms with van der Waals surface area (Å²) in [6.07, 6.45) is 1.73. The van der Waals surface area contributed by atoms with E-state index in [1.54, 1.807) is 0 Å². The van der Waals surface area contributed by atoms with E-state index in [1.165, 1.54) is 10.5 Å². The summed E-state index contributed by atoms with van der Waals surface area (Å²) in [4.78, 5) is 23.5. The highest BCUT2D eigenvalue weighted by molar-refractivity contribution is 5.72. The fourth-order valence-electron chi connectivity index (χ4n) is 2.99. The summed E-state index contributed by atoms with van der Waals surface area (Å²) in [7, 11) is 0. The van der Waals surface area contributed by atoms with Gasteiger partial charge in [0.25, 0.3) is 0 Å². The first-order valence-electron chi connectivity index (χ1n) is 6.75. The first kappa shape index (κ1) is 14.5. The lowest BCUT2D eigenvalue weighted by Crippen LogP contribution is -2.39. The van der Waals surface area contributed by atoms with Gasteiger partial charge in [0.15, 0.2) is 0 Å². The van der Waals surface area contributed by atoms with E-state index in [2.05, 4.69) is 6.92 Å². The highest BCUT2D eigenvalue weighted by Crippen LogP contribution is 2.39. The van der Waals surface area contributed by atoms with Crippen molar-refractivity contribution >= 4 is 11.9 Å². The monoisotopic (exact) mass is 277 g/mol. The van der Waals surface area contributed by atoms with Gasteiger partial charge >= 0.3 is 11.9 Å². The zero-order chi connectivity index (χ0) is 14.7. The number of carboxylic acid groups (broad SMARTS) is 2. The number of fused-ring (bicyclic) bond motifs is 1. The van der Waals surface area contributed by atoms with E-state index >= 15 is 0 Å². The molecule has 0 bridgehead atoms. The number of carboxylic acids is 2. The number of benzene rings is 1. The summed E-state index contributed by atoms with van der Waals surface area (Å²) in [5.74, 6) is -1.57. The van der Waals surface area contributed by atoms with E-state index < -0.39 is 11.9 Å². The molecule has 20 heavy (non-hydrogen) atoms.